The Morgan fingerprint density at radius 3 is 2.72 bits per heavy atom. The number of likely N-dealkylation sites (tertiary alicyclic amines) is 1. The van der Waals surface area contributed by atoms with Crippen molar-refractivity contribution >= 4 is 29.8 Å². The fourth-order valence-electron chi connectivity index (χ4n) is 5.73. The number of fused-ring (bicyclic) bond motifs is 3. The number of nitrogens with one attached hydrogen (secondary N) is 1. The average Bonchev–Trinajstić information content (AvgIpc) is 3.32. The number of hydrogen-bond acceptors (Lipinski definition) is 6. The highest BCUT2D eigenvalue weighted by atomic mass is 35.5. The van der Waals surface area contributed by atoms with Crippen LogP contribution in [0.5, 0.6) is 5.75 Å². The number of H-pyrrole nitrogens is 1. The van der Waals surface area contributed by atoms with Gasteiger partial charge in [0.05, 0.1) is 18.1 Å². The Balaban J connectivity index is 1.35. The molecule has 0 bridgehead atoms. The van der Waals surface area contributed by atoms with E-state index in [4.69, 9.17) is 26.2 Å². The number of piperidine rings is 1. The van der Waals surface area contributed by atoms with Gasteiger partial charge in [0.25, 0.3) is 0 Å². The molecule has 0 spiro atoms. The van der Waals surface area contributed by atoms with Crippen LogP contribution < -0.4 is 15.3 Å². The smallest absolute Gasteiger partial charge is 0.411 e. The zero-order valence-electron chi connectivity index (χ0n) is 22.2. The lowest BCUT2D eigenvalue weighted by Gasteiger charge is -2.35. The van der Waals surface area contributed by atoms with Crippen LogP contribution in [0.15, 0.2) is 24.3 Å². The SMILES string of the molecule is CC#CCOC(=O)N1CCc2c([nH]c3c2=CC(Cl)CC=3)[C@@H]1c1ccc(OC2CCN(C[C@H](O)CO)CC2)cc1. The van der Waals surface area contributed by atoms with Gasteiger partial charge in [-0.2, -0.15) is 0 Å². The van der Waals surface area contributed by atoms with E-state index in [1.807, 2.05) is 24.3 Å². The van der Waals surface area contributed by atoms with Gasteiger partial charge >= 0.3 is 6.09 Å². The summed E-state index contributed by atoms with van der Waals surface area (Å²) >= 11 is 6.45. The predicted molar refractivity (Wildman–Crippen MR) is 150 cm³/mol. The van der Waals surface area contributed by atoms with Crippen LogP contribution >= 0.6 is 11.6 Å². The maximum atomic E-state index is 13.1. The summed E-state index contributed by atoms with van der Waals surface area (Å²) in [5.41, 5.74) is 3.16. The van der Waals surface area contributed by atoms with Crippen LogP contribution in [0, 0.1) is 11.8 Å². The first-order valence-corrected chi connectivity index (χ1v) is 14.1. The Bertz CT molecular complexity index is 1340. The van der Waals surface area contributed by atoms with Gasteiger partial charge in [-0.25, -0.2) is 4.79 Å². The van der Waals surface area contributed by atoms with Gasteiger partial charge in [0.2, 0.25) is 0 Å². The third-order valence-electron chi connectivity index (χ3n) is 7.68. The minimum Gasteiger partial charge on any atom is -0.490 e. The van der Waals surface area contributed by atoms with E-state index in [9.17, 15) is 9.90 Å². The van der Waals surface area contributed by atoms with Crippen molar-refractivity contribution in [1.82, 2.24) is 14.8 Å². The third-order valence-corrected chi connectivity index (χ3v) is 7.99. The molecule has 8 nitrogen and oxygen atoms in total. The van der Waals surface area contributed by atoms with Gasteiger partial charge in [-0.15, -0.1) is 17.5 Å². The third kappa shape index (κ3) is 6.28. The monoisotopic (exact) mass is 553 g/mol. The van der Waals surface area contributed by atoms with E-state index in [1.54, 1.807) is 11.8 Å². The number of hydrogen-bond donors (Lipinski definition) is 3. The summed E-state index contributed by atoms with van der Waals surface area (Å²) in [6.45, 7) is 4.21. The zero-order chi connectivity index (χ0) is 27.4. The number of aliphatic hydroxyl groups excluding tert-OH is 2. The molecule has 0 radical (unpaired) electrons. The molecule has 39 heavy (non-hydrogen) atoms. The molecule has 9 heteroatoms. The number of carbonyl (C=O) groups is 1. The lowest BCUT2D eigenvalue weighted by Crippen LogP contribution is -2.42. The number of aromatic amines is 1. The largest absolute Gasteiger partial charge is 0.490 e. The number of β-amino-alcohol motifs (C(OH)–C–C–N with tert-alkyl or cyclic N) is 1. The Kier molecular flexibility index (Phi) is 8.83. The highest BCUT2D eigenvalue weighted by Crippen LogP contribution is 2.34. The van der Waals surface area contributed by atoms with E-state index in [0.717, 1.165) is 66.3 Å². The van der Waals surface area contributed by atoms with E-state index < -0.39 is 6.10 Å². The molecule has 3 N–H and O–H groups in total. The summed E-state index contributed by atoms with van der Waals surface area (Å²) in [5.74, 6) is 6.35. The van der Waals surface area contributed by atoms with Crippen molar-refractivity contribution in [2.24, 2.45) is 0 Å². The average molecular weight is 554 g/mol. The van der Waals surface area contributed by atoms with Gasteiger partial charge in [0, 0.05) is 42.4 Å². The Hall–Kier alpha value is -2.96. The predicted octanol–water partition coefficient (Wildman–Crippen LogP) is 1.89. The minimum absolute atomic E-state index is 0.0329. The standard InChI is InChI=1S/C30H36ClN3O5/c1-2-3-16-38-30(37)34-15-12-25-26-17-21(31)6-9-27(26)32-28(25)29(34)20-4-7-23(8-5-20)39-24-10-13-33(14-11-24)18-22(36)19-35/h4-5,7-9,17,21-22,24,29,32,35-36H,6,10-16,18-19H2,1H3/t21?,22-,29-/m0/s1. The molecule has 0 saturated carbocycles. The van der Waals surface area contributed by atoms with Gasteiger partial charge in [-0.05, 0) is 55.9 Å². The molecular weight excluding hydrogens is 518 g/mol. The van der Waals surface area contributed by atoms with Gasteiger partial charge < -0.3 is 29.6 Å². The second-order valence-electron chi connectivity index (χ2n) is 10.3. The van der Waals surface area contributed by atoms with Crippen LogP contribution in [0.3, 0.4) is 0 Å². The van der Waals surface area contributed by atoms with E-state index >= 15 is 0 Å². The molecule has 3 atom stereocenters. The topological polar surface area (TPSA) is 98.3 Å². The molecule has 2 aromatic rings. The summed E-state index contributed by atoms with van der Waals surface area (Å²) in [6, 6.07) is 7.64. The van der Waals surface area contributed by atoms with Crippen molar-refractivity contribution in [2.45, 2.75) is 56.2 Å². The van der Waals surface area contributed by atoms with Crippen molar-refractivity contribution in [3.05, 3.63) is 51.7 Å². The Morgan fingerprint density at radius 1 is 1.23 bits per heavy atom. The first-order valence-electron chi connectivity index (χ1n) is 13.6. The Morgan fingerprint density at radius 2 is 2.00 bits per heavy atom. The molecule has 3 heterocycles. The number of rotatable bonds is 7. The summed E-state index contributed by atoms with van der Waals surface area (Å²) in [4.78, 5) is 20.6. The normalized spacial score (nSPS) is 21.9. The highest BCUT2D eigenvalue weighted by Gasteiger charge is 2.35. The number of aromatic nitrogens is 1. The number of aliphatic hydroxyl groups is 2. The number of alkyl halides is 1. The van der Waals surface area contributed by atoms with Crippen molar-refractivity contribution in [1.29, 1.82) is 0 Å². The van der Waals surface area contributed by atoms with E-state index in [-0.39, 0.29) is 36.8 Å². The van der Waals surface area contributed by atoms with Crippen molar-refractivity contribution in [3.63, 3.8) is 0 Å². The second kappa shape index (κ2) is 12.5. The summed E-state index contributed by atoms with van der Waals surface area (Å²) < 4.78 is 11.7. The maximum absolute atomic E-state index is 13.1. The first-order chi connectivity index (χ1) is 19.0. The van der Waals surface area contributed by atoms with Gasteiger partial charge in [0.1, 0.15) is 17.9 Å². The summed E-state index contributed by atoms with van der Waals surface area (Å²) in [5, 5.41) is 21.0. The van der Waals surface area contributed by atoms with Crippen LogP contribution in [-0.2, 0) is 11.2 Å². The van der Waals surface area contributed by atoms with Gasteiger partial charge in [0.15, 0.2) is 6.61 Å². The van der Waals surface area contributed by atoms with Crippen molar-refractivity contribution in [3.8, 4) is 17.6 Å². The lowest BCUT2D eigenvalue weighted by atomic mass is 9.92. The molecule has 1 aliphatic carbocycles. The van der Waals surface area contributed by atoms with Gasteiger partial charge in [-0.3, -0.25) is 4.90 Å². The fraction of sp³-hybridized carbons (Fsp3) is 0.500. The van der Waals surface area contributed by atoms with E-state index in [2.05, 4.69) is 33.9 Å². The maximum Gasteiger partial charge on any atom is 0.411 e. The molecule has 5 rings (SSSR count). The first kappa shape index (κ1) is 27.6. The lowest BCUT2D eigenvalue weighted by molar-refractivity contribution is 0.0346. The van der Waals surface area contributed by atoms with Gasteiger partial charge in [-0.1, -0.05) is 30.2 Å². The molecular formula is C30H36ClN3O5. The molecule has 3 aliphatic rings. The molecule has 1 saturated heterocycles. The van der Waals surface area contributed by atoms with Crippen LogP contribution in [0.4, 0.5) is 4.79 Å². The number of benzene rings is 1. The fourth-order valence-corrected chi connectivity index (χ4v) is 5.94. The highest BCUT2D eigenvalue weighted by molar-refractivity contribution is 6.24. The summed E-state index contributed by atoms with van der Waals surface area (Å²) in [6.07, 6.45) is 6.45. The van der Waals surface area contributed by atoms with E-state index in [1.165, 1.54) is 5.56 Å². The zero-order valence-corrected chi connectivity index (χ0v) is 23.0. The molecule has 208 valence electrons. The number of nitrogens with zero attached hydrogens (tertiary/aromatic N) is 2. The van der Waals surface area contributed by atoms with Crippen molar-refractivity contribution < 1.29 is 24.5 Å². The summed E-state index contributed by atoms with van der Waals surface area (Å²) in [7, 11) is 0. The number of ether oxygens (including phenoxy) is 2. The second-order valence-corrected chi connectivity index (χ2v) is 10.9. The molecule has 2 aliphatic heterocycles. The molecule has 1 amide bonds. The van der Waals surface area contributed by atoms with Crippen LogP contribution in [0.2, 0.25) is 0 Å². The molecule has 1 fully saturated rings. The molecule has 1 aromatic heterocycles. The van der Waals surface area contributed by atoms with E-state index in [0.29, 0.717) is 13.1 Å². The minimum atomic E-state index is -0.705. The number of carbonyl (C=O) groups excluding carboxylic acids is 1. The van der Waals surface area contributed by atoms with Crippen LogP contribution in [0.25, 0.3) is 12.2 Å². The molecule has 1 aromatic carbocycles. The van der Waals surface area contributed by atoms with Crippen molar-refractivity contribution in [2.75, 3.05) is 39.4 Å². The van der Waals surface area contributed by atoms with Crippen LogP contribution in [0.1, 0.15) is 49.0 Å². The van der Waals surface area contributed by atoms with Crippen LogP contribution in [-0.4, -0.2) is 88.1 Å². The molecule has 1 unspecified atom stereocenters. The number of halogens is 1. The quantitative estimate of drug-likeness (QED) is 0.358. The number of amides is 1. The Labute approximate surface area is 233 Å².